The highest BCUT2D eigenvalue weighted by Gasteiger charge is 2.79. The van der Waals surface area contributed by atoms with Crippen LogP contribution in [0.2, 0.25) is 0 Å². The maximum atomic E-state index is 17.7. The number of ether oxygens (including phenoxy) is 2. The number of anilines is 1. The largest absolute Gasteiger partial charge is 0.481 e. The monoisotopic (exact) mass is 923 g/mol. The van der Waals surface area contributed by atoms with Gasteiger partial charge in [0.05, 0.1) is 30.7 Å². The first-order chi connectivity index (χ1) is 29.4. The number of rotatable bonds is 15. The number of Topliss-reactive ketones (excluding diaryl/α,β-unsaturated/α-hetero) is 1. The first kappa shape index (κ1) is 45.4. The first-order valence-corrected chi connectivity index (χ1v) is 21.8. The number of nitrogens with one attached hydrogen (secondary N) is 3. The number of allylic oxidation sites excluding steroid dienone is 4. The number of alkyl halides is 2. The predicted molar refractivity (Wildman–Crippen MR) is 223 cm³/mol. The highest BCUT2D eigenvalue weighted by Crippen LogP contribution is 2.72. The third kappa shape index (κ3) is 7.74. The molecule has 3 saturated carbocycles. The average Bonchev–Trinajstić information content (AvgIpc) is 3.75. The molecule has 2 aromatic carbocycles. The van der Waals surface area contributed by atoms with Crippen LogP contribution in [0.1, 0.15) is 80.9 Å². The Morgan fingerprint density at radius 2 is 1.74 bits per heavy atom. The van der Waals surface area contributed by atoms with Crippen LogP contribution < -0.4 is 16.0 Å². The van der Waals surface area contributed by atoms with Crippen molar-refractivity contribution in [3.8, 4) is 0 Å². The fourth-order valence-electron chi connectivity index (χ4n) is 11.0. The fraction of sp³-hybridized carbons (Fsp3) is 0.511. The molecule has 17 heteroatoms. The summed E-state index contributed by atoms with van der Waals surface area (Å²) >= 11 is 2.98. The lowest BCUT2D eigenvalue weighted by Gasteiger charge is -2.62. The molecular weight excluding hydrogens is 873 g/mol. The van der Waals surface area contributed by atoms with Gasteiger partial charge in [-0.3, -0.25) is 28.8 Å². The van der Waals surface area contributed by atoms with Crippen LogP contribution in [0.5, 0.6) is 0 Å². The van der Waals surface area contributed by atoms with Gasteiger partial charge in [-0.05, 0) is 80.7 Å². The van der Waals surface area contributed by atoms with Gasteiger partial charge in [0.2, 0.25) is 17.7 Å². The van der Waals surface area contributed by atoms with Crippen molar-refractivity contribution < 1.29 is 63.1 Å². The first-order valence-electron chi connectivity index (χ1n) is 20.7. The van der Waals surface area contributed by atoms with Crippen LogP contribution in [0, 0.1) is 22.7 Å². The van der Waals surface area contributed by atoms with E-state index < -0.39 is 114 Å². The summed E-state index contributed by atoms with van der Waals surface area (Å²) in [5.41, 5.74) is -2.66. The quantitative estimate of drug-likeness (QED) is 0.128. The zero-order chi connectivity index (χ0) is 44.8. The van der Waals surface area contributed by atoms with Crippen molar-refractivity contribution in [3.63, 3.8) is 0 Å². The number of carbonyl (C=O) groups excluding carboxylic acids is 5. The minimum atomic E-state index is -2.11. The van der Waals surface area contributed by atoms with Gasteiger partial charge in [-0.2, -0.15) is 0 Å². The van der Waals surface area contributed by atoms with Gasteiger partial charge in [-0.15, -0.1) is 0 Å². The van der Waals surface area contributed by atoms with Crippen LogP contribution in [0.4, 0.5) is 10.1 Å². The van der Waals surface area contributed by atoms with Crippen LogP contribution in [-0.4, -0.2) is 104 Å². The highest BCUT2D eigenvalue weighted by atomic mass is 79.9. The number of carboxylic acid groups (broad SMARTS) is 1. The molecule has 0 unspecified atom stereocenters. The van der Waals surface area contributed by atoms with Crippen LogP contribution in [0.25, 0.3) is 0 Å². The Hall–Kier alpha value is -4.65. The van der Waals surface area contributed by atoms with E-state index in [-0.39, 0.29) is 36.1 Å². The third-order valence-corrected chi connectivity index (χ3v) is 14.6. The van der Waals surface area contributed by atoms with Crippen LogP contribution in [0.3, 0.4) is 0 Å². The molecule has 7 rings (SSSR count). The van der Waals surface area contributed by atoms with Gasteiger partial charge in [0.25, 0.3) is 0 Å². The van der Waals surface area contributed by atoms with Gasteiger partial charge in [0.1, 0.15) is 12.6 Å². The number of benzene rings is 2. The molecule has 0 spiro atoms. The summed E-state index contributed by atoms with van der Waals surface area (Å²) in [5.74, 6) is -4.98. The standard InChI is InChI=1S/C45H51BrFN3O12/c1-42-14-13-29(53)17-28(42)9-10-30-31-18-36-45(35(55)23-52,43(31,2)19-34(54)44(30,42)47)62-41(61-36)26-6-3-24(4-7-26)15-25-5-8-27(22-51)33(16-25)50-40(60)32(11-12-39(58)59)49-38(57)21-48-37(56)20-46/h3-8,13-14,16-17,30-32,34,36,41,51-52,54H,9-12,15,18-23H2,1-2H3,(H,48,56)(H,49,57)(H,50,60)(H,58,59)/t30-,31-,32-,34-,36+,41+,42-,43-,44-,45+/m0/s1. The Morgan fingerprint density at radius 3 is 2.42 bits per heavy atom. The molecule has 10 atom stereocenters. The van der Waals surface area contributed by atoms with Crippen molar-refractivity contribution >= 4 is 56.9 Å². The van der Waals surface area contributed by atoms with E-state index in [1.165, 1.54) is 12.2 Å². The van der Waals surface area contributed by atoms with Crippen LogP contribution >= 0.6 is 15.9 Å². The summed E-state index contributed by atoms with van der Waals surface area (Å²) in [6.45, 7) is 1.87. The van der Waals surface area contributed by atoms with E-state index in [4.69, 9.17) is 9.47 Å². The maximum Gasteiger partial charge on any atom is 0.303 e. The molecule has 3 amide bonds. The van der Waals surface area contributed by atoms with Crippen molar-refractivity contribution in [2.24, 2.45) is 22.7 Å². The van der Waals surface area contributed by atoms with Gasteiger partial charge in [0, 0.05) is 40.0 Å². The second kappa shape index (κ2) is 17.5. The summed E-state index contributed by atoms with van der Waals surface area (Å²) in [6, 6.07) is 11.1. The molecule has 7 N–H and O–H groups in total. The molecule has 0 aromatic heterocycles. The second-order valence-corrected chi connectivity index (χ2v) is 18.0. The summed E-state index contributed by atoms with van der Waals surface area (Å²) < 4.78 is 30.9. The van der Waals surface area contributed by atoms with Gasteiger partial charge >= 0.3 is 5.97 Å². The van der Waals surface area contributed by atoms with E-state index in [0.29, 0.717) is 36.0 Å². The van der Waals surface area contributed by atoms with Crippen LogP contribution in [-0.2, 0) is 51.3 Å². The molecule has 62 heavy (non-hydrogen) atoms. The summed E-state index contributed by atoms with van der Waals surface area (Å²) in [4.78, 5) is 74.9. The van der Waals surface area contributed by atoms with E-state index >= 15 is 4.39 Å². The Balaban J connectivity index is 1.06. The summed E-state index contributed by atoms with van der Waals surface area (Å²) in [5, 5.41) is 48.9. The third-order valence-electron chi connectivity index (χ3n) is 14.1. The number of ketones is 2. The van der Waals surface area contributed by atoms with Gasteiger partial charge in [-0.25, -0.2) is 4.39 Å². The number of halogens is 2. The van der Waals surface area contributed by atoms with Gasteiger partial charge < -0.3 is 45.9 Å². The second-order valence-electron chi connectivity index (χ2n) is 17.4. The number of aliphatic carboxylic acids is 1. The number of carboxylic acids is 1. The minimum Gasteiger partial charge on any atom is -0.481 e. The normalized spacial score (nSPS) is 32.3. The van der Waals surface area contributed by atoms with Gasteiger partial charge in [-0.1, -0.05) is 70.9 Å². The lowest BCUT2D eigenvalue weighted by Crippen LogP contribution is -2.69. The lowest BCUT2D eigenvalue weighted by molar-refractivity contribution is -0.231. The SMILES string of the molecule is C[C@]12C=CC(=O)C=C1CC[C@H]1[C@@H]3C[C@H]4O[C@@H](c5ccc(Cc6ccc(CO)c(NC(=O)[C@H](CCC(=O)O)NC(=O)CNC(=O)CBr)c6)cc5)O[C@@]4(C(=O)CO)[C@@]3(C)C[C@H](O)[C@@]12F. The number of amides is 3. The van der Waals surface area contributed by atoms with Gasteiger partial charge in [0.15, 0.2) is 29.1 Å². The predicted octanol–water partition coefficient (Wildman–Crippen LogP) is 3.26. The Morgan fingerprint density at radius 1 is 1.02 bits per heavy atom. The smallest absolute Gasteiger partial charge is 0.303 e. The number of carbonyl (C=O) groups is 6. The molecule has 4 fully saturated rings. The molecule has 1 aliphatic heterocycles. The number of hydrogen-bond donors (Lipinski definition) is 7. The molecule has 2 aromatic rings. The molecule has 1 heterocycles. The molecule has 332 valence electrons. The Bertz CT molecular complexity index is 2220. The Labute approximate surface area is 365 Å². The van der Waals surface area contributed by atoms with Crippen molar-refractivity contribution in [2.45, 2.75) is 101 Å². The fourth-order valence-corrected chi connectivity index (χ4v) is 11.2. The molecular formula is C45H51BrFN3O12. The zero-order valence-electron chi connectivity index (χ0n) is 34.3. The van der Waals surface area contributed by atoms with E-state index in [0.717, 1.165) is 11.1 Å². The number of fused-ring (bicyclic) bond motifs is 7. The zero-order valence-corrected chi connectivity index (χ0v) is 35.9. The van der Waals surface area contributed by atoms with E-state index in [1.807, 2.05) is 19.1 Å². The topological polar surface area (TPSA) is 238 Å². The van der Waals surface area contributed by atoms with Crippen molar-refractivity contribution in [1.29, 1.82) is 0 Å². The van der Waals surface area contributed by atoms with E-state index in [9.17, 15) is 49.2 Å². The van der Waals surface area contributed by atoms with Crippen LogP contribution in [0.15, 0.2) is 66.3 Å². The van der Waals surface area contributed by atoms with Crippen molar-refractivity contribution in [2.75, 3.05) is 23.8 Å². The number of hydrogen-bond acceptors (Lipinski definition) is 11. The molecule has 15 nitrogen and oxygen atoms in total. The number of aliphatic hydroxyl groups excluding tert-OH is 3. The van der Waals surface area contributed by atoms with Crippen molar-refractivity contribution in [3.05, 3.63) is 88.5 Å². The van der Waals surface area contributed by atoms with E-state index in [1.54, 1.807) is 43.3 Å². The number of aliphatic hydroxyl groups is 3. The summed E-state index contributed by atoms with van der Waals surface area (Å²) in [6.07, 6.45) is 1.73. The van der Waals surface area contributed by atoms with Crippen molar-refractivity contribution in [1.82, 2.24) is 10.6 Å². The molecule has 4 aliphatic carbocycles. The summed E-state index contributed by atoms with van der Waals surface area (Å²) in [7, 11) is 0. The lowest BCUT2D eigenvalue weighted by atomic mass is 9.44. The molecule has 1 saturated heterocycles. The molecule has 0 bridgehead atoms. The molecule has 5 aliphatic rings. The highest BCUT2D eigenvalue weighted by molar-refractivity contribution is 9.09. The maximum absolute atomic E-state index is 17.7. The Kier molecular flexibility index (Phi) is 12.8. The average molecular weight is 925 g/mol. The minimum absolute atomic E-state index is 0.0350. The molecule has 0 radical (unpaired) electrons. The van der Waals surface area contributed by atoms with E-state index in [2.05, 4.69) is 31.9 Å².